The van der Waals surface area contributed by atoms with Crippen molar-refractivity contribution in [2.24, 2.45) is 5.10 Å². The number of ether oxygens (including phenoxy) is 4. The maximum absolute atomic E-state index is 12.5. The first-order chi connectivity index (χ1) is 20.5. The highest BCUT2D eigenvalue weighted by molar-refractivity contribution is 5.91. The molecule has 0 spiro atoms. The van der Waals surface area contributed by atoms with Gasteiger partial charge in [0.1, 0.15) is 29.6 Å². The first-order valence-corrected chi connectivity index (χ1v) is 13.8. The Kier molecular flexibility index (Phi) is 11.1. The zero-order valence-corrected chi connectivity index (χ0v) is 23.7. The van der Waals surface area contributed by atoms with E-state index in [1.807, 2.05) is 30.3 Å². The van der Waals surface area contributed by atoms with Gasteiger partial charge in [0, 0.05) is 0 Å². The van der Waals surface area contributed by atoms with Crippen molar-refractivity contribution in [3.05, 3.63) is 120 Å². The van der Waals surface area contributed by atoms with Crippen LogP contribution in [-0.2, 0) is 11.4 Å². The van der Waals surface area contributed by atoms with Crippen LogP contribution < -0.4 is 24.4 Å². The first-order valence-electron chi connectivity index (χ1n) is 13.8. The molecule has 4 aromatic carbocycles. The van der Waals surface area contributed by atoms with E-state index in [1.165, 1.54) is 6.21 Å². The van der Waals surface area contributed by atoms with Crippen LogP contribution >= 0.6 is 0 Å². The Morgan fingerprint density at radius 3 is 2.10 bits per heavy atom. The summed E-state index contributed by atoms with van der Waals surface area (Å²) in [5.74, 6) is 1.49. The van der Waals surface area contributed by atoms with E-state index in [2.05, 4.69) is 17.5 Å². The van der Waals surface area contributed by atoms with Gasteiger partial charge >= 0.3 is 5.97 Å². The summed E-state index contributed by atoms with van der Waals surface area (Å²) in [4.78, 5) is 24.9. The molecule has 0 aliphatic rings. The van der Waals surface area contributed by atoms with E-state index >= 15 is 0 Å². The fourth-order valence-electron chi connectivity index (χ4n) is 3.68. The average molecular weight is 567 g/mol. The molecule has 0 bridgehead atoms. The van der Waals surface area contributed by atoms with Crippen LogP contribution in [-0.4, -0.2) is 30.8 Å². The number of nitrogens with zero attached hydrogens (tertiary/aromatic N) is 1. The van der Waals surface area contributed by atoms with Crippen LogP contribution in [0.4, 0.5) is 0 Å². The van der Waals surface area contributed by atoms with Crippen molar-refractivity contribution in [3.8, 4) is 23.0 Å². The molecular formula is C34H34N2O6. The van der Waals surface area contributed by atoms with Crippen molar-refractivity contribution in [1.29, 1.82) is 0 Å². The van der Waals surface area contributed by atoms with Crippen molar-refractivity contribution >= 4 is 18.1 Å². The summed E-state index contributed by atoms with van der Waals surface area (Å²) in [5, 5.41) is 4.00. The molecule has 8 nitrogen and oxygen atoms in total. The lowest BCUT2D eigenvalue weighted by atomic mass is 10.2. The van der Waals surface area contributed by atoms with Crippen LogP contribution in [0.1, 0.15) is 48.2 Å². The molecule has 0 heterocycles. The predicted molar refractivity (Wildman–Crippen MR) is 161 cm³/mol. The summed E-state index contributed by atoms with van der Waals surface area (Å²) in [6, 6.07) is 30.6. The topological polar surface area (TPSA) is 95.5 Å². The molecule has 1 atom stereocenters. The molecule has 4 aromatic rings. The first kappa shape index (κ1) is 29.9. The van der Waals surface area contributed by atoms with Gasteiger partial charge in [0.25, 0.3) is 5.91 Å². The molecule has 0 saturated carbocycles. The maximum atomic E-state index is 12.5. The third kappa shape index (κ3) is 9.52. The Morgan fingerprint density at radius 2 is 1.40 bits per heavy atom. The lowest BCUT2D eigenvalue weighted by Gasteiger charge is -2.13. The molecule has 0 aliphatic carbocycles. The van der Waals surface area contributed by atoms with E-state index in [0.717, 1.165) is 24.2 Å². The van der Waals surface area contributed by atoms with Gasteiger partial charge in [-0.2, -0.15) is 5.10 Å². The van der Waals surface area contributed by atoms with Crippen LogP contribution in [0, 0.1) is 0 Å². The summed E-state index contributed by atoms with van der Waals surface area (Å²) < 4.78 is 22.6. The third-order valence-electron chi connectivity index (χ3n) is 6.09. The molecule has 0 radical (unpaired) electrons. The maximum Gasteiger partial charge on any atom is 0.343 e. The van der Waals surface area contributed by atoms with E-state index in [4.69, 9.17) is 18.9 Å². The minimum Gasteiger partial charge on any atom is -0.494 e. The SMILES string of the molecule is CCCCOc1ccc(C(=O)Oc2ccc(C=NNC(=O)C(C)Oc3ccc(OCc4ccccc4)cc3)cc2)cc1. The minimum absolute atomic E-state index is 0.392. The predicted octanol–water partition coefficient (Wildman–Crippen LogP) is 6.58. The number of benzene rings is 4. The van der Waals surface area contributed by atoms with Gasteiger partial charge in [0.05, 0.1) is 18.4 Å². The molecule has 0 aromatic heterocycles. The van der Waals surface area contributed by atoms with Gasteiger partial charge in [0.2, 0.25) is 0 Å². The number of rotatable bonds is 14. The van der Waals surface area contributed by atoms with Crippen molar-refractivity contribution in [1.82, 2.24) is 5.43 Å². The smallest absolute Gasteiger partial charge is 0.343 e. The Labute approximate surface area is 245 Å². The molecule has 0 saturated heterocycles. The fourth-order valence-corrected chi connectivity index (χ4v) is 3.68. The normalized spacial score (nSPS) is 11.5. The van der Waals surface area contributed by atoms with Crippen molar-refractivity contribution in [2.75, 3.05) is 6.61 Å². The number of amides is 1. The fraction of sp³-hybridized carbons (Fsp3) is 0.206. The highest BCUT2D eigenvalue weighted by Gasteiger charge is 2.14. The number of unbranched alkanes of at least 4 members (excludes halogenated alkanes) is 1. The molecule has 42 heavy (non-hydrogen) atoms. The number of esters is 1. The zero-order chi connectivity index (χ0) is 29.6. The van der Waals surface area contributed by atoms with Gasteiger partial charge in [-0.1, -0.05) is 43.7 Å². The summed E-state index contributed by atoms with van der Waals surface area (Å²) >= 11 is 0. The van der Waals surface area contributed by atoms with E-state index in [9.17, 15) is 9.59 Å². The van der Waals surface area contributed by atoms with E-state index < -0.39 is 18.0 Å². The van der Waals surface area contributed by atoms with Crippen LogP contribution in [0.2, 0.25) is 0 Å². The van der Waals surface area contributed by atoms with Gasteiger partial charge in [-0.25, -0.2) is 10.2 Å². The second-order valence-corrected chi connectivity index (χ2v) is 9.42. The quantitative estimate of drug-likeness (QED) is 0.0609. The number of hydrazone groups is 1. The van der Waals surface area contributed by atoms with Crippen molar-refractivity contribution < 1.29 is 28.5 Å². The molecular weight excluding hydrogens is 532 g/mol. The highest BCUT2D eigenvalue weighted by Crippen LogP contribution is 2.20. The molecule has 216 valence electrons. The largest absolute Gasteiger partial charge is 0.494 e. The molecule has 4 rings (SSSR count). The standard InChI is InChI=1S/C34H34N2O6/c1-3-4-22-39-29-16-12-28(13-17-29)34(38)42-32-14-10-26(11-15-32)23-35-36-33(37)25(2)41-31-20-18-30(19-21-31)40-24-27-8-6-5-7-9-27/h5-21,23,25H,3-4,22,24H2,1-2H3,(H,36,37). The van der Waals surface area contributed by atoms with Crippen LogP contribution in [0.5, 0.6) is 23.0 Å². The van der Waals surface area contributed by atoms with Gasteiger partial charge < -0.3 is 18.9 Å². The van der Waals surface area contributed by atoms with Crippen LogP contribution in [0.25, 0.3) is 0 Å². The second-order valence-electron chi connectivity index (χ2n) is 9.42. The molecule has 1 unspecified atom stereocenters. The Bertz CT molecular complexity index is 1440. The number of hydrogen-bond acceptors (Lipinski definition) is 7. The molecule has 1 N–H and O–H groups in total. The second kappa shape index (κ2) is 15.6. The molecule has 1 amide bonds. The minimum atomic E-state index is -0.767. The summed E-state index contributed by atoms with van der Waals surface area (Å²) in [6.07, 6.45) is 2.76. The zero-order valence-electron chi connectivity index (χ0n) is 23.7. The number of hydrogen-bond donors (Lipinski definition) is 1. The van der Waals surface area contributed by atoms with E-state index in [1.54, 1.807) is 79.7 Å². The van der Waals surface area contributed by atoms with Crippen molar-refractivity contribution in [2.45, 2.75) is 39.4 Å². The lowest BCUT2D eigenvalue weighted by Crippen LogP contribution is -2.33. The van der Waals surface area contributed by atoms with E-state index in [-0.39, 0.29) is 0 Å². The molecule has 0 aliphatic heterocycles. The average Bonchev–Trinajstić information content (AvgIpc) is 3.02. The number of carbonyl (C=O) groups excluding carboxylic acids is 2. The van der Waals surface area contributed by atoms with Gasteiger partial charge in [-0.3, -0.25) is 4.79 Å². The van der Waals surface area contributed by atoms with Crippen LogP contribution in [0.3, 0.4) is 0 Å². The summed E-state index contributed by atoms with van der Waals surface area (Å²) in [7, 11) is 0. The monoisotopic (exact) mass is 566 g/mol. The Morgan fingerprint density at radius 1 is 0.786 bits per heavy atom. The third-order valence-corrected chi connectivity index (χ3v) is 6.09. The van der Waals surface area contributed by atoms with Crippen molar-refractivity contribution in [3.63, 3.8) is 0 Å². The Hall–Kier alpha value is -5.11. The summed E-state index contributed by atoms with van der Waals surface area (Å²) in [5.41, 5.74) is 4.69. The lowest BCUT2D eigenvalue weighted by molar-refractivity contribution is -0.127. The number of nitrogens with one attached hydrogen (secondary N) is 1. The highest BCUT2D eigenvalue weighted by atomic mass is 16.5. The van der Waals surface area contributed by atoms with Gasteiger partial charge in [-0.15, -0.1) is 0 Å². The van der Waals surface area contributed by atoms with E-state index in [0.29, 0.717) is 41.6 Å². The summed E-state index contributed by atoms with van der Waals surface area (Å²) in [6.45, 7) is 4.85. The number of carbonyl (C=O) groups is 2. The van der Waals surface area contributed by atoms with Gasteiger partial charge in [-0.05, 0) is 97.3 Å². The van der Waals surface area contributed by atoms with Gasteiger partial charge in [0.15, 0.2) is 6.10 Å². The molecule has 0 fully saturated rings. The van der Waals surface area contributed by atoms with Crippen LogP contribution in [0.15, 0.2) is 108 Å². The molecule has 8 heteroatoms. The Balaban J connectivity index is 1.19.